The molecule has 2 heterocycles. The van der Waals surface area contributed by atoms with Gasteiger partial charge in [0.15, 0.2) is 5.96 Å². The molecule has 32 heavy (non-hydrogen) atoms. The summed E-state index contributed by atoms with van der Waals surface area (Å²) in [7, 11) is 1.71. The Labute approximate surface area is 211 Å². The number of morpholine rings is 1. The number of nitrogens with zero attached hydrogens (tertiary/aromatic N) is 3. The zero-order chi connectivity index (χ0) is 21.7. The summed E-state index contributed by atoms with van der Waals surface area (Å²) in [4.78, 5) is 9.91. The van der Waals surface area contributed by atoms with Gasteiger partial charge < -0.3 is 20.1 Å². The van der Waals surface area contributed by atoms with E-state index in [1.165, 1.54) is 18.4 Å². The Bertz CT molecular complexity index is 644. The van der Waals surface area contributed by atoms with Gasteiger partial charge in [0.2, 0.25) is 0 Å². The van der Waals surface area contributed by atoms with Crippen LogP contribution in [0.1, 0.15) is 31.7 Å². The maximum atomic E-state index is 5.42. The third-order valence-corrected chi connectivity index (χ3v) is 6.17. The van der Waals surface area contributed by atoms with Crippen molar-refractivity contribution >= 4 is 29.9 Å². The normalized spacial score (nSPS) is 18.8. The quantitative estimate of drug-likeness (QED) is 0.199. The molecule has 2 N–H and O–H groups in total. The predicted octanol–water partition coefficient (Wildman–Crippen LogP) is 2.80. The molecule has 7 nitrogen and oxygen atoms in total. The SMILES string of the molecule is CCNC(=NCC1CCN(Cc2ccc(OC)cc2)CC1)NCCCN1CCOCC1.I. The molecular weight excluding hydrogens is 517 g/mol. The lowest BCUT2D eigenvalue weighted by Crippen LogP contribution is -2.41. The van der Waals surface area contributed by atoms with Crippen LogP contribution in [-0.4, -0.2) is 88.4 Å². The first-order valence-electron chi connectivity index (χ1n) is 11.9. The van der Waals surface area contributed by atoms with Gasteiger partial charge in [-0.15, -0.1) is 24.0 Å². The van der Waals surface area contributed by atoms with Crippen molar-refractivity contribution in [2.45, 2.75) is 32.7 Å². The van der Waals surface area contributed by atoms with Gasteiger partial charge in [-0.2, -0.15) is 0 Å². The molecule has 1 aromatic rings. The second-order valence-electron chi connectivity index (χ2n) is 8.52. The number of methoxy groups -OCH3 is 1. The number of halogens is 1. The largest absolute Gasteiger partial charge is 0.497 e. The monoisotopic (exact) mass is 559 g/mol. The van der Waals surface area contributed by atoms with Crippen LogP contribution in [-0.2, 0) is 11.3 Å². The number of hydrogen-bond donors (Lipinski definition) is 2. The highest BCUT2D eigenvalue weighted by Gasteiger charge is 2.19. The number of rotatable bonds is 10. The van der Waals surface area contributed by atoms with Gasteiger partial charge >= 0.3 is 0 Å². The topological polar surface area (TPSA) is 61.4 Å². The van der Waals surface area contributed by atoms with Crippen molar-refractivity contribution in [1.82, 2.24) is 20.4 Å². The Kier molecular flexibility index (Phi) is 13.3. The zero-order valence-electron chi connectivity index (χ0n) is 19.9. The average Bonchev–Trinajstić information content (AvgIpc) is 2.82. The van der Waals surface area contributed by atoms with Crippen LogP contribution in [0.5, 0.6) is 5.75 Å². The lowest BCUT2D eigenvalue weighted by molar-refractivity contribution is 0.0376. The minimum atomic E-state index is 0. The van der Waals surface area contributed by atoms with Gasteiger partial charge in [0, 0.05) is 39.3 Å². The molecule has 2 saturated heterocycles. The highest BCUT2D eigenvalue weighted by Crippen LogP contribution is 2.20. The summed E-state index contributed by atoms with van der Waals surface area (Å²) in [5.74, 6) is 2.56. The highest BCUT2D eigenvalue weighted by molar-refractivity contribution is 14.0. The molecule has 1 aromatic carbocycles. The molecule has 0 bridgehead atoms. The molecular formula is C24H42IN5O2. The number of hydrogen-bond acceptors (Lipinski definition) is 5. The Morgan fingerprint density at radius 1 is 1.06 bits per heavy atom. The fourth-order valence-electron chi connectivity index (χ4n) is 4.21. The number of guanidine groups is 1. The van der Waals surface area contributed by atoms with E-state index in [2.05, 4.69) is 39.5 Å². The summed E-state index contributed by atoms with van der Waals surface area (Å²) in [6.45, 7) is 13.2. The van der Waals surface area contributed by atoms with Gasteiger partial charge in [-0.05, 0) is 69.4 Å². The van der Waals surface area contributed by atoms with Crippen LogP contribution < -0.4 is 15.4 Å². The number of piperidine rings is 1. The first-order valence-corrected chi connectivity index (χ1v) is 11.9. The van der Waals surface area contributed by atoms with Crippen LogP contribution in [0, 0.1) is 5.92 Å². The zero-order valence-corrected chi connectivity index (χ0v) is 22.2. The molecule has 0 unspecified atom stereocenters. The molecule has 8 heteroatoms. The fraction of sp³-hybridized carbons (Fsp3) is 0.708. The summed E-state index contributed by atoms with van der Waals surface area (Å²) in [5.41, 5.74) is 1.35. The Hall–Kier alpha value is -1.10. The van der Waals surface area contributed by atoms with Crippen LogP contribution >= 0.6 is 24.0 Å². The Balaban J connectivity index is 0.00000363. The van der Waals surface area contributed by atoms with Gasteiger partial charge in [-0.3, -0.25) is 14.8 Å². The van der Waals surface area contributed by atoms with Crippen molar-refractivity contribution in [2.75, 3.05) is 72.7 Å². The van der Waals surface area contributed by atoms with Crippen molar-refractivity contribution in [2.24, 2.45) is 10.9 Å². The minimum Gasteiger partial charge on any atom is -0.497 e. The predicted molar refractivity (Wildman–Crippen MR) is 142 cm³/mol. The van der Waals surface area contributed by atoms with Gasteiger partial charge in [0.25, 0.3) is 0 Å². The number of aliphatic imine (C=N–C) groups is 1. The van der Waals surface area contributed by atoms with Gasteiger partial charge in [-0.25, -0.2) is 0 Å². The molecule has 0 spiro atoms. The van der Waals surface area contributed by atoms with Crippen LogP contribution in [0.15, 0.2) is 29.3 Å². The van der Waals surface area contributed by atoms with Crippen molar-refractivity contribution < 1.29 is 9.47 Å². The van der Waals surface area contributed by atoms with E-state index in [0.29, 0.717) is 5.92 Å². The van der Waals surface area contributed by atoms with E-state index >= 15 is 0 Å². The average molecular weight is 560 g/mol. The van der Waals surface area contributed by atoms with E-state index in [-0.39, 0.29) is 24.0 Å². The Morgan fingerprint density at radius 2 is 1.78 bits per heavy atom. The van der Waals surface area contributed by atoms with E-state index in [0.717, 1.165) is 90.2 Å². The number of benzene rings is 1. The molecule has 0 amide bonds. The van der Waals surface area contributed by atoms with Crippen LogP contribution in [0.3, 0.4) is 0 Å². The molecule has 2 aliphatic rings. The summed E-state index contributed by atoms with van der Waals surface area (Å²) >= 11 is 0. The number of likely N-dealkylation sites (tertiary alicyclic amines) is 1. The van der Waals surface area contributed by atoms with Gasteiger partial charge in [0.1, 0.15) is 5.75 Å². The Morgan fingerprint density at radius 3 is 2.44 bits per heavy atom. The standard InChI is InChI=1S/C24H41N5O2.HI/c1-3-25-24(26-11-4-12-28-15-17-31-18-16-28)27-19-21-9-13-29(14-10-21)20-22-5-7-23(30-2)8-6-22;/h5-8,21H,3-4,9-20H2,1-2H3,(H2,25,26,27);1H. The summed E-state index contributed by atoms with van der Waals surface area (Å²) < 4.78 is 10.7. The minimum absolute atomic E-state index is 0. The van der Waals surface area contributed by atoms with E-state index in [1.54, 1.807) is 7.11 Å². The van der Waals surface area contributed by atoms with E-state index in [9.17, 15) is 0 Å². The van der Waals surface area contributed by atoms with E-state index < -0.39 is 0 Å². The molecule has 182 valence electrons. The van der Waals surface area contributed by atoms with Crippen molar-refractivity contribution in [3.8, 4) is 5.75 Å². The lowest BCUT2D eigenvalue weighted by atomic mass is 9.96. The van der Waals surface area contributed by atoms with Gasteiger partial charge in [0.05, 0.1) is 20.3 Å². The second-order valence-corrected chi connectivity index (χ2v) is 8.52. The smallest absolute Gasteiger partial charge is 0.191 e. The maximum Gasteiger partial charge on any atom is 0.191 e. The van der Waals surface area contributed by atoms with Crippen molar-refractivity contribution in [3.05, 3.63) is 29.8 Å². The van der Waals surface area contributed by atoms with E-state index in [1.807, 2.05) is 12.1 Å². The van der Waals surface area contributed by atoms with E-state index in [4.69, 9.17) is 14.5 Å². The second kappa shape index (κ2) is 15.7. The number of ether oxygens (including phenoxy) is 2. The molecule has 0 aliphatic carbocycles. The first kappa shape index (κ1) is 27.1. The molecule has 2 fully saturated rings. The van der Waals surface area contributed by atoms with Gasteiger partial charge in [-0.1, -0.05) is 12.1 Å². The highest BCUT2D eigenvalue weighted by atomic mass is 127. The third kappa shape index (κ3) is 9.80. The summed E-state index contributed by atoms with van der Waals surface area (Å²) in [6, 6.07) is 8.44. The molecule has 0 atom stereocenters. The van der Waals surface area contributed by atoms with Crippen LogP contribution in [0.25, 0.3) is 0 Å². The number of nitrogens with one attached hydrogen (secondary N) is 2. The molecule has 3 rings (SSSR count). The molecule has 2 aliphatic heterocycles. The fourth-order valence-corrected chi connectivity index (χ4v) is 4.21. The maximum absolute atomic E-state index is 5.42. The summed E-state index contributed by atoms with van der Waals surface area (Å²) in [5, 5.41) is 6.91. The van der Waals surface area contributed by atoms with Crippen LogP contribution in [0.2, 0.25) is 0 Å². The molecule has 0 saturated carbocycles. The summed E-state index contributed by atoms with van der Waals surface area (Å²) in [6.07, 6.45) is 3.57. The molecule has 0 radical (unpaired) electrons. The van der Waals surface area contributed by atoms with Crippen molar-refractivity contribution in [3.63, 3.8) is 0 Å². The van der Waals surface area contributed by atoms with Crippen LogP contribution in [0.4, 0.5) is 0 Å². The lowest BCUT2D eigenvalue weighted by Gasteiger charge is -2.31. The molecule has 0 aromatic heterocycles. The third-order valence-electron chi connectivity index (χ3n) is 6.17. The van der Waals surface area contributed by atoms with Crippen molar-refractivity contribution in [1.29, 1.82) is 0 Å². The first-order chi connectivity index (χ1) is 15.3.